The van der Waals surface area contributed by atoms with Crippen molar-refractivity contribution in [3.05, 3.63) is 64.2 Å². The molecule has 130 valence electrons. The highest BCUT2D eigenvalue weighted by Gasteiger charge is 2.44. The summed E-state index contributed by atoms with van der Waals surface area (Å²) in [5.41, 5.74) is 3.81. The van der Waals surface area contributed by atoms with Crippen molar-refractivity contribution < 1.29 is 9.59 Å². The number of carbonyl (C=O) groups is 2. The van der Waals surface area contributed by atoms with Crippen molar-refractivity contribution in [3.63, 3.8) is 0 Å². The average Bonchev–Trinajstić information content (AvgIpc) is 3.37. The van der Waals surface area contributed by atoms with E-state index in [2.05, 4.69) is 10.6 Å². The Morgan fingerprint density at radius 1 is 1.08 bits per heavy atom. The summed E-state index contributed by atoms with van der Waals surface area (Å²) in [5.74, 6) is -0.273. The number of anilines is 1. The predicted molar refractivity (Wildman–Crippen MR) is 99.9 cm³/mol. The first-order chi connectivity index (χ1) is 12.0. The number of nitrogens with one attached hydrogen (secondary N) is 2. The Balaban J connectivity index is 1.52. The van der Waals surface area contributed by atoms with Crippen LogP contribution < -0.4 is 10.6 Å². The number of aryl methyl sites for hydroxylation is 2. The Kier molecular flexibility index (Phi) is 5.09. The summed E-state index contributed by atoms with van der Waals surface area (Å²) in [7, 11) is 0. The zero-order chi connectivity index (χ0) is 18.0. The van der Waals surface area contributed by atoms with Crippen molar-refractivity contribution >= 4 is 29.1 Å². The molecule has 0 spiro atoms. The minimum Gasteiger partial charge on any atom is -0.347 e. The van der Waals surface area contributed by atoms with E-state index in [0.717, 1.165) is 28.8 Å². The van der Waals surface area contributed by atoms with Gasteiger partial charge in [0, 0.05) is 16.6 Å². The van der Waals surface area contributed by atoms with Crippen LogP contribution in [0.1, 0.15) is 29.0 Å². The summed E-state index contributed by atoms with van der Waals surface area (Å²) in [5, 5.41) is 6.29. The van der Waals surface area contributed by atoms with E-state index >= 15 is 0 Å². The minimum absolute atomic E-state index is 0.0294. The monoisotopic (exact) mass is 356 g/mol. The molecule has 0 radical (unpaired) electrons. The number of rotatable bonds is 5. The fourth-order valence-corrected chi connectivity index (χ4v) is 3.37. The van der Waals surface area contributed by atoms with Gasteiger partial charge in [-0.1, -0.05) is 48.0 Å². The molecule has 2 aromatic rings. The Morgan fingerprint density at radius 3 is 2.44 bits per heavy atom. The molecule has 4 nitrogen and oxygen atoms in total. The summed E-state index contributed by atoms with van der Waals surface area (Å²) in [6.07, 6.45) is 0.772. The highest BCUT2D eigenvalue weighted by molar-refractivity contribution is 6.31. The third-order valence-corrected chi connectivity index (χ3v) is 4.94. The number of amides is 2. The third kappa shape index (κ3) is 4.02. The lowest BCUT2D eigenvalue weighted by atomic mass is 10.1. The van der Waals surface area contributed by atoms with Crippen LogP contribution in [0.2, 0.25) is 5.02 Å². The van der Waals surface area contributed by atoms with Gasteiger partial charge in [-0.2, -0.15) is 0 Å². The Hall–Kier alpha value is -2.33. The summed E-state index contributed by atoms with van der Waals surface area (Å²) in [6.45, 7) is 3.86. The normalized spacial score (nSPS) is 18.5. The summed E-state index contributed by atoms with van der Waals surface area (Å²) in [4.78, 5) is 24.4. The lowest BCUT2D eigenvalue weighted by molar-refractivity contribution is -0.125. The molecule has 2 amide bonds. The van der Waals surface area contributed by atoms with Crippen molar-refractivity contribution in [3.8, 4) is 0 Å². The molecule has 1 fully saturated rings. The molecule has 1 aliphatic carbocycles. The third-order valence-electron chi connectivity index (χ3n) is 4.60. The maximum absolute atomic E-state index is 12.3. The van der Waals surface area contributed by atoms with Gasteiger partial charge < -0.3 is 10.6 Å². The highest BCUT2D eigenvalue weighted by Crippen LogP contribution is 2.49. The fourth-order valence-electron chi connectivity index (χ4n) is 3.10. The molecule has 1 aliphatic rings. The number of carbonyl (C=O) groups excluding carboxylic acids is 2. The van der Waals surface area contributed by atoms with Crippen LogP contribution in [0.25, 0.3) is 0 Å². The second kappa shape index (κ2) is 7.28. The van der Waals surface area contributed by atoms with Crippen LogP contribution in [-0.4, -0.2) is 18.4 Å². The summed E-state index contributed by atoms with van der Waals surface area (Å²) >= 11 is 6.18. The van der Waals surface area contributed by atoms with Crippen molar-refractivity contribution in [2.45, 2.75) is 26.2 Å². The smallest absolute Gasteiger partial charge is 0.243 e. The number of hydrogen-bond donors (Lipinski definition) is 2. The van der Waals surface area contributed by atoms with Crippen molar-refractivity contribution in [2.24, 2.45) is 5.92 Å². The van der Waals surface area contributed by atoms with E-state index in [9.17, 15) is 9.59 Å². The Morgan fingerprint density at radius 2 is 1.76 bits per heavy atom. The van der Waals surface area contributed by atoms with Gasteiger partial charge in [-0.05, 0) is 48.9 Å². The van der Waals surface area contributed by atoms with E-state index in [4.69, 9.17) is 11.6 Å². The maximum Gasteiger partial charge on any atom is 0.243 e. The number of benzene rings is 2. The van der Waals surface area contributed by atoms with Gasteiger partial charge in [0.15, 0.2) is 0 Å². The molecular weight excluding hydrogens is 336 g/mol. The van der Waals surface area contributed by atoms with Crippen LogP contribution in [0.5, 0.6) is 0 Å². The van der Waals surface area contributed by atoms with Crippen LogP contribution in [0.15, 0.2) is 42.5 Å². The van der Waals surface area contributed by atoms with Crippen LogP contribution >= 0.6 is 11.6 Å². The van der Waals surface area contributed by atoms with Crippen molar-refractivity contribution in [2.75, 3.05) is 11.9 Å². The molecule has 3 rings (SSSR count). The van der Waals surface area contributed by atoms with Gasteiger partial charge in [0.1, 0.15) is 0 Å². The predicted octanol–water partition coefficient (Wildman–Crippen LogP) is 3.82. The molecule has 25 heavy (non-hydrogen) atoms. The molecule has 2 N–H and O–H groups in total. The quantitative estimate of drug-likeness (QED) is 0.855. The van der Waals surface area contributed by atoms with E-state index in [-0.39, 0.29) is 30.2 Å². The zero-order valence-electron chi connectivity index (χ0n) is 14.3. The van der Waals surface area contributed by atoms with Crippen LogP contribution in [0.4, 0.5) is 5.69 Å². The van der Waals surface area contributed by atoms with E-state index in [1.54, 1.807) is 0 Å². The van der Waals surface area contributed by atoms with Crippen LogP contribution in [0, 0.1) is 19.8 Å². The van der Waals surface area contributed by atoms with Gasteiger partial charge in [0.05, 0.1) is 6.54 Å². The summed E-state index contributed by atoms with van der Waals surface area (Å²) < 4.78 is 0. The van der Waals surface area contributed by atoms with Gasteiger partial charge in [0.2, 0.25) is 11.8 Å². The number of para-hydroxylation sites is 1. The Bertz CT molecular complexity index is 799. The molecule has 0 aromatic heterocycles. The first kappa shape index (κ1) is 17.5. The molecule has 0 bridgehead atoms. The fraction of sp³-hybridized carbons (Fsp3) is 0.300. The van der Waals surface area contributed by atoms with Crippen LogP contribution in [-0.2, 0) is 9.59 Å². The highest BCUT2D eigenvalue weighted by atomic mass is 35.5. The van der Waals surface area contributed by atoms with Crippen LogP contribution in [0.3, 0.4) is 0 Å². The lowest BCUT2D eigenvalue weighted by Crippen LogP contribution is -2.34. The molecule has 2 unspecified atom stereocenters. The molecule has 0 aliphatic heterocycles. The van der Waals surface area contributed by atoms with Gasteiger partial charge >= 0.3 is 0 Å². The number of hydrogen-bond acceptors (Lipinski definition) is 2. The second-order valence-corrected chi connectivity index (χ2v) is 6.91. The molecule has 1 saturated carbocycles. The van der Waals surface area contributed by atoms with Gasteiger partial charge in [-0.25, -0.2) is 0 Å². The Labute approximate surface area is 152 Å². The minimum atomic E-state index is -0.222. The van der Waals surface area contributed by atoms with E-state index < -0.39 is 0 Å². The molecule has 0 heterocycles. The zero-order valence-corrected chi connectivity index (χ0v) is 15.1. The van der Waals surface area contributed by atoms with Gasteiger partial charge in [0.25, 0.3) is 0 Å². The van der Waals surface area contributed by atoms with E-state index in [0.29, 0.717) is 5.02 Å². The first-order valence-electron chi connectivity index (χ1n) is 8.35. The van der Waals surface area contributed by atoms with Gasteiger partial charge in [-0.15, -0.1) is 0 Å². The lowest BCUT2D eigenvalue weighted by Gasteiger charge is -2.12. The SMILES string of the molecule is Cc1cccc(C)c1NC(=O)CNC(=O)C1CC1c1ccccc1Cl. The second-order valence-electron chi connectivity index (χ2n) is 6.50. The molecule has 2 atom stereocenters. The van der Waals surface area contributed by atoms with E-state index in [1.165, 1.54) is 0 Å². The number of halogens is 1. The largest absolute Gasteiger partial charge is 0.347 e. The van der Waals surface area contributed by atoms with Gasteiger partial charge in [-0.3, -0.25) is 9.59 Å². The molecule has 0 saturated heterocycles. The molecular formula is C20H21ClN2O2. The molecule has 2 aromatic carbocycles. The van der Waals surface area contributed by atoms with Crippen molar-refractivity contribution in [1.82, 2.24) is 5.32 Å². The maximum atomic E-state index is 12.3. The van der Waals surface area contributed by atoms with E-state index in [1.807, 2.05) is 56.3 Å². The topological polar surface area (TPSA) is 58.2 Å². The average molecular weight is 357 g/mol. The van der Waals surface area contributed by atoms with Crippen molar-refractivity contribution in [1.29, 1.82) is 0 Å². The summed E-state index contributed by atoms with van der Waals surface area (Å²) in [6, 6.07) is 13.4. The first-order valence-corrected chi connectivity index (χ1v) is 8.73. The standard InChI is InChI=1S/C20H21ClN2O2/c1-12-6-5-7-13(2)19(12)23-18(24)11-22-20(25)16-10-15(16)14-8-3-4-9-17(14)21/h3-9,15-16H,10-11H2,1-2H3,(H,22,25)(H,23,24). The molecule has 5 heteroatoms.